The number of methoxy groups -OCH3 is 1. The Balaban J connectivity index is 1.49. The summed E-state index contributed by atoms with van der Waals surface area (Å²) in [6.45, 7) is 0.0224. The van der Waals surface area contributed by atoms with Crippen LogP contribution in [0.3, 0.4) is 0 Å². The molecule has 0 heterocycles. The van der Waals surface area contributed by atoms with Crippen molar-refractivity contribution in [1.82, 2.24) is 5.32 Å². The maximum atomic E-state index is 12.3. The Morgan fingerprint density at radius 3 is 2.00 bits per heavy atom. The molecule has 9 heteroatoms. The van der Waals surface area contributed by atoms with Crippen LogP contribution in [-0.4, -0.2) is 47.3 Å². The summed E-state index contributed by atoms with van der Waals surface area (Å²) in [4.78, 5) is 35.9. The first-order valence-corrected chi connectivity index (χ1v) is 10.3. The Morgan fingerprint density at radius 1 is 0.794 bits per heavy atom. The second-order valence-electron chi connectivity index (χ2n) is 7.22. The van der Waals surface area contributed by atoms with Crippen LogP contribution in [0.1, 0.15) is 15.9 Å². The SMILES string of the molecule is COC(=O)c1ccc(CNC(=O)[C@H](O)[C@@H](O)C(=O)Nc2ccc(Oc3ccccc3)cc2)cc1. The van der Waals surface area contributed by atoms with Gasteiger partial charge in [0.2, 0.25) is 0 Å². The molecule has 9 nitrogen and oxygen atoms in total. The third-order valence-electron chi connectivity index (χ3n) is 4.78. The maximum Gasteiger partial charge on any atom is 0.337 e. The van der Waals surface area contributed by atoms with Gasteiger partial charge in [-0.3, -0.25) is 9.59 Å². The minimum Gasteiger partial charge on any atom is -0.465 e. The number of aliphatic hydroxyl groups is 2. The molecule has 0 bridgehead atoms. The van der Waals surface area contributed by atoms with E-state index in [-0.39, 0.29) is 6.54 Å². The Kier molecular flexibility index (Phi) is 8.33. The molecular weight excluding hydrogens is 440 g/mol. The monoisotopic (exact) mass is 464 g/mol. The molecule has 0 aliphatic rings. The molecule has 0 aromatic heterocycles. The van der Waals surface area contributed by atoms with Gasteiger partial charge in [-0.2, -0.15) is 0 Å². The van der Waals surface area contributed by atoms with Gasteiger partial charge in [0, 0.05) is 12.2 Å². The highest BCUT2D eigenvalue weighted by atomic mass is 16.5. The normalized spacial score (nSPS) is 12.2. The van der Waals surface area contributed by atoms with Crippen LogP contribution in [0.4, 0.5) is 5.69 Å². The summed E-state index contributed by atoms with van der Waals surface area (Å²) < 4.78 is 10.3. The number of aliphatic hydroxyl groups excluding tert-OH is 2. The van der Waals surface area contributed by atoms with Gasteiger partial charge in [-0.25, -0.2) is 4.79 Å². The van der Waals surface area contributed by atoms with Gasteiger partial charge in [-0.05, 0) is 54.1 Å². The van der Waals surface area contributed by atoms with Crippen molar-refractivity contribution in [2.24, 2.45) is 0 Å². The number of rotatable bonds is 9. The number of carbonyl (C=O) groups is 3. The van der Waals surface area contributed by atoms with Crippen LogP contribution in [-0.2, 0) is 20.9 Å². The van der Waals surface area contributed by atoms with Gasteiger partial charge < -0.3 is 30.3 Å². The summed E-state index contributed by atoms with van der Waals surface area (Å²) in [6.07, 6.45) is -3.96. The zero-order valence-electron chi connectivity index (χ0n) is 18.3. The van der Waals surface area contributed by atoms with E-state index in [4.69, 9.17) is 4.74 Å². The number of hydrogen-bond donors (Lipinski definition) is 4. The van der Waals surface area contributed by atoms with Crippen molar-refractivity contribution < 1.29 is 34.1 Å². The van der Waals surface area contributed by atoms with E-state index >= 15 is 0 Å². The summed E-state index contributed by atoms with van der Waals surface area (Å²) >= 11 is 0. The van der Waals surface area contributed by atoms with Crippen LogP contribution in [0.2, 0.25) is 0 Å². The highest BCUT2D eigenvalue weighted by Crippen LogP contribution is 2.22. The first kappa shape index (κ1) is 24.4. The average molecular weight is 464 g/mol. The summed E-state index contributed by atoms with van der Waals surface area (Å²) in [5.41, 5.74) is 1.34. The molecule has 0 radical (unpaired) electrons. The van der Waals surface area contributed by atoms with Crippen LogP contribution in [0.15, 0.2) is 78.9 Å². The largest absolute Gasteiger partial charge is 0.465 e. The van der Waals surface area contributed by atoms with Gasteiger partial charge in [0.1, 0.15) is 11.5 Å². The number of benzene rings is 3. The van der Waals surface area contributed by atoms with Gasteiger partial charge in [-0.15, -0.1) is 0 Å². The summed E-state index contributed by atoms with van der Waals surface area (Å²) in [5.74, 6) is -1.15. The van der Waals surface area contributed by atoms with Crippen molar-refractivity contribution in [3.8, 4) is 11.5 Å². The Bertz CT molecular complexity index is 1120. The van der Waals surface area contributed by atoms with Crippen molar-refractivity contribution in [2.75, 3.05) is 12.4 Å². The molecule has 0 saturated carbocycles. The molecule has 176 valence electrons. The number of hydrogen-bond acceptors (Lipinski definition) is 7. The Hall–Kier alpha value is -4.21. The lowest BCUT2D eigenvalue weighted by molar-refractivity contribution is -0.143. The number of carbonyl (C=O) groups excluding carboxylic acids is 3. The van der Waals surface area contributed by atoms with E-state index in [1.54, 1.807) is 48.5 Å². The van der Waals surface area contributed by atoms with Crippen molar-refractivity contribution in [3.05, 3.63) is 90.0 Å². The number of amides is 2. The quantitative estimate of drug-likeness (QED) is 0.357. The molecule has 0 aliphatic heterocycles. The van der Waals surface area contributed by atoms with E-state index in [2.05, 4.69) is 15.4 Å². The molecule has 0 spiro atoms. The number of ether oxygens (including phenoxy) is 2. The fourth-order valence-corrected chi connectivity index (χ4v) is 2.90. The first-order chi connectivity index (χ1) is 16.4. The molecule has 2 atom stereocenters. The first-order valence-electron chi connectivity index (χ1n) is 10.3. The Labute approximate surface area is 196 Å². The lowest BCUT2D eigenvalue weighted by atomic mass is 10.1. The van der Waals surface area contributed by atoms with Crippen LogP contribution in [0, 0.1) is 0 Å². The lowest BCUT2D eigenvalue weighted by Crippen LogP contribution is -2.47. The summed E-state index contributed by atoms with van der Waals surface area (Å²) in [6, 6.07) is 21.8. The van der Waals surface area contributed by atoms with Crippen LogP contribution >= 0.6 is 0 Å². The topological polar surface area (TPSA) is 134 Å². The van der Waals surface area contributed by atoms with Gasteiger partial charge in [-0.1, -0.05) is 30.3 Å². The van der Waals surface area contributed by atoms with Gasteiger partial charge >= 0.3 is 5.97 Å². The predicted octanol–water partition coefficient (Wildman–Crippen LogP) is 2.24. The molecule has 0 saturated heterocycles. The van der Waals surface area contributed by atoms with Crippen molar-refractivity contribution in [3.63, 3.8) is 0 Å². The third kappa shape index (κ3) is 6.64. The molecule has 3 rings (SSSR count). The maximum absolute atomic E-state index is 12.3. The van der Waals surface area contributed by atoms with Crippen molar-refractivity contribution in [1.29, 1.82) is 0 Å². The lowest BCUT2D eigenvalue weighted by Gasteiger charge is -2.17. The molecule has 4 N–H and O–H groups in total. The van der Waals surface area contributed by atoms with E-state index in [1.165, 1.54) is 19.2 Å². The molecular formula is C25H24N2O7. The minimum absolute atomic E-state index is 0.0224. The number of esters is 1. The molecule has 3 aromatic rings. The standard InChI is InChI=1S/C25H24N2O7/c1-33-25(32)17-9-7-16(8-10-17)15-26-23(30)21(28)22(29)24(31)27-18-11-13-20(14-12-18)34-19-5-3-2-4-6-19/h2-14,21-22,28-29H,15H2,1H3,(H,26,30)(H,27,31)/t21-,22-/m1/s1. The van der Waals surface area contributed by atoms with E-state index in [1.807, 2.05) is 18.2 Å². The second-order valence-corrected chi connectivity index (χ2v) is 7.22. The number of para-hydroxylation sites is 1. The van der Waals surface area contributed by atoms with Crippen molar-refractivity contribution >= 4 is 23.5 Å². The summed E-state index contributed by atoms with van der Waals surface area (Å²) in [5, 5.41) is 25.0. The molecule has 0 fully saturated rings. The van der Waals surface area contributed by atoms with Gasteiger partial charge in [0.15, 0.2) is 12.2 Å². The predicted molar refractivity (Wildman–Crippen MR) is 123 cm³/mol. The molecule has 0 unspecified atom stereocenters. The highest BCUT2D eigenvalue weighted by molar-refractivity contribution is 5.98. The Morgan fingerprint density at radius 2 is 1.38 bits per heavy atom. The summed E-state index contributed by atoms with van der Waals surface area (Å²) in [7, 11) is 1.27. The zero-order valence-corrected chi connectivity index (χ0v) is 18.3. The molecule has 3 aromatic carbocycles. The van der Waals surface area contributed by atoms with Crippen LogP contribution in [0.5, 0.6) is 11.5 Å². The van der Waals surface area contributed by atoms with E-state index < -0.39 is 30.0 Å². The van der Waals surface area contributed by atoms with E-state index in [0.29, 0.717) is 28.3 Å². The number of anilines is 1. The fourth-order valence-electron chi connectivity index (χ4n) is 2.90. The van der Waals surface area contributed by atoms with Gasteiger partial charge in [0.25, 0.3) is 11.8 Å². The van der Waals surface area contributed by atoms with Gasteiger partial charge in [0.05, 0.1) is 12.7 Å². The number of nitrogens with one attached hydrogen (secondary N) is 2. The fraction of sp³-hybridized carbons (Fsp3) is 0.160. The molecule has 34 heavy (non-hydrogen) atoms. The minimum atomic E-state index is -1.98. The van der Waals surface area contributed by atoms with E-state index in [0.717, 1.165) is 0 Å². The van der Waals surface area contributed by atoms with E-state index in [9.17, 15) is 24.6 Å². The second kappa shape index (κ2) is 11.6. The van der Waals surface area contributed by atoms with Crippen LogP contribution in [0.25, 0.3) is 0 Å². The molecule has 2 amide bonds. The zero-order chi connectivity index (χ0) is 24.5. The molecule has 0 aliphatic carbocycles. The smallest absolute Gasteiger partial charge is 0.337 e. The highest BCUT2D eigenvalue weighted by Gasteiger charge is 2.30. The van der Waals surface area contributed by atoms with Crippen LogP contribution < -0.4 is 15.4 Å². The van der Waals surface area contributed by atoms with Crippen molar-refractivity contribution in [2.45, 2.75) is 18.8 Å². The third-order valence-corrected chi connectivity index (χ3v) is 4.78. The average Bonchev–Trinajstić information content (AvgIpc) is 2.88.